The molecule has 2 rings (SSSR count). The molecule has 0 radical (unpaired) electrons. The van der Waals surface area contributed by atoms with Gasteiger partial charge in [-0.05, 0) is 25.7 Å². The summed E-state index contributed by atoms with van der Waals surface area (Å²) in [5.74, 6) is 0. The van der Waals surface area contributed by atoms with Crippen molar-refractivity contribution in [3.05, 3.63) is 37.4 Å². The van der Waals surface area contributed by atoms with Crippen molar-refractivity contribution in [3.8, 4) is 0 Å². The number of rotatable bonds is 10. The average molecular weight is 633 g/mol. The lowest BCUT2D eigenvalue weighted by Gasteiger charge is -2.08. The lowest BCUT2D eigenvalue weighted by Crippen LogP contribution is -2.23. The zero-order valence-corrected chi connectivity index (χ0v) is 24.5. The van der Waals surface area contributed by atoms with E-state index in [1.54, 1.807) is 0 Å². The van der Waals surface area contributed by atoms with Crippen LogP contribution in [0.2, 0.25) is 0 Å². The average Bonchev–Trinajstić information content (AvgIpc) is 3.40. The van der Waals surface area contributed by atoms with Gasteiger partial charge in [-0.25, -0.2) is 35.1 Å². The van der Waals surface area contributed by atoms with E-state index >= 15 is 0 Å². The highest BCUT2D eigenvalue weighted by molar-refractivity contribution is 7.86. The summed E-state index contributed by atoms with van der Waals surface area (Å²) in [6.07, 6.45) is 23.4. The van der Waals surface area contributed by atoms with Gasteiger partial charge in [0, 0.05) is 0 Å². The smallest absolute Gasteiger partial charge is 0.485 e. The Hall–Kier alpha value is -2.18. The van der Waals surface area contributed by atoms with Crippen LogP contribution in [0.3, 0.4) is 0 Å². The second-order valence-corrected chi connectivity index (χ2v) is 11.3. The number of unbranched alkanes of at least 4 members (excludes halogenated alkanes) is 6. The van der Waals surface area contributed by atoms with Gasteiger partial charge in [0.05, 0.1) is 27.2 Å². The van der Waals surface area contributed by atoms with E-state index in [9.17, 15) is 26.3 Å². The van der Waals surface area contributed by atoms with Gasteiger partial charge < -0.3 is 9.11 Å². The molecule has 0 bridgehead atoms. The predicted molar refractivity (Wildman–Crippen MR) is 131 cm³/mol. The van der Waals surface area contributed by atoms with Crippen molar-refractivity contribution in [1.82, 2.24) is 9.13 Å². The van der Waals surface area contributed by atoms with Crippen LogP contribution in [-0.4, -0.2) is 46.1 Å². The molecular weight excluding hydrogens is 594 g/mol. The molecule has 2 aromatic rings. The first-order valence-corrected chi connectivity index (χ1v) is 15.0. The van der Waals surface area contributed by atoms with Gasteiger partial charge in [-0.15, -0.1) is 0 Å². The molecule has 0 fully saturated rings. The Bertz CT molecular complexity index is 1060. The molecule has 0 aromatic carbocycles. The summed E-state index contributed by atoms with van der Waals surface area (Å²) in [5.41, 5.74) is -11.3. The van der Waals surface area contributed by atoms with Gasteiger partial charge in [-0.3, -0.25) is 0 Å². The Labute approximate surface area is 231 Å². The lowest BCUT2D eigenvalue weighted by atomic mass is 10.2. The van der Waals surface area contributed by atoms with Crippen molar-refractivity contribution in [3.63, 3.8) is 0 Å². The Morgan fingerprint density at radius 2 is 0.900 bits per heavy atom. The van der Waals surface area contributed by atoms with Crippen LogP contribution in [0.15, 0.2) is 37.4 Å². The highest BCUT2D eigenvalue weighted by Crippen LogP contribution is 2.21. The number of halogens is 6. The van der Waals surface area contributed by atoms with Crippen LogP contribution >= 0.6 is 0 Å². The summed E-state index contributed by atoms with van der Waals surface area (Å²) < 4.78 is 126. The number of imidazole rings is 2. The molecule has 0 atom stereocenters. The van der Waals surface area contributed by atoms with Gasteiger partial charge in [-0.2, -0.15) is 26.3 Å². The number of aromatic nitrogens is 4. The van der Waals surface area contributed by atoms with Gasteiger partial charge in [0.15, 0.2) is 20.2 Å². The van der Waals surface area contributed by atoms with Crippen LogP contribution in [0, 0.1) is 0 Å². The molecule has 2 aromatic heterocycles. The number of alkyl halides is 6. The molecule has 0 aliphatic carbocycles. The molecule has 0 unspecified atom stereocenters. The Morgan fingerprint density at radius 3 is 1.07 bits per heavy atom. The molecule has 0 amide bonds. The van der Waals surface area contributed by atoms with E-state index in [1.807, 2.05) is 0 Å². The van der Waals surface area contributed by atoms with E-state index in [1.165, 1.54) is 64.5 Å². The van der Waals surface area contributed by atoms with E-state index < -0.39 is 31.3 Å². The Balaban J connectivity index is 0. The fourth-order valence-electron chi connectivity index (χ4n) is 2.71. The number of aryl methyl sites for hydroxylation is 4. The molecule has 40 heavy (non-hydrogen) atoms. The van der Waals surface area contributed by atoms with Crippen LogP contribution in [0.1, 0.15) is 65.2 Å². The highest BCUT2D eigenvalue weighted by Gasteiger charge is 2.37. The van der Waals surface area contributed by atoms with Gasteiger partial charge in [-0.1, -0.05) is 39.5 Å². The van der Waals surface area contributed by atoms with Crippen LogP contribution < -0.4 is 9.13 Å². The van der Waals surface area contributed by atoms with E-state index in [-0.39, 0.29) is 0 Å². The van der Waals surface area contributed by atoms with Gasteiger partial charge in [0.1, 0.15) is 24.8 Å². The van der Waals surface area contributed by atoms with Crippen LogP contribution in [0.25, 0.3) is 0 Å². The number of nitrogens with zero attached hydrogens (tertiary/aromatic N) is 4. The van der Waals surface area contributed by atoms with Gasteiger partial charge in [0.25, 0.3) is 0 Å². The summed E-state index contributed by atoms with van der Waals surface area (Å²) in [6, 6.07) is 0. The zero-order chi connectivity index (χ0) is 31.6. The normalized spacial score (nSPS) is 11.9. The molecule has 0 aliphatic rings. The second kappa shape index (κ2) is 19.0. The lowest BCUT2D eigenvalue weighted by molar-refractivity contribution is -0.671. The van der Waals surface area contributed by atoms with Crippen molar-refractivity contribution >= 4 is 20.2 Å². The molecule has 0 spiro atoms. The Kier molecular flexibility index (Phi) is 19.0. The first-order valence-electron chi connectivity index (χ1n) is 12.2. The fourth-order valence-corrected chi connectivity index (χ4v) is 2.71. The first kappa shape index (κ1) is 40.0. The minimum Gasteiger partial charge on any atom is -0.741 e. The van der Waals surface area contributed by atoms with Crippen molar-refractivity contribution < 1.29 is 61.4 Å². The summed E-state index contributed by atoms with van der Waals surface area (Å²) in [5, 5.41) is 0. The summed E-state index contributed by atoms with van der Waals surface area (Å²) in [4.78, 5) is 0. The third-order valence-electron chi connectivity index (χ3n) is 4.75. The van der Waals surface area contributed by atoms with Gasteiger partial charge in [0.2, 0.25) is 12.7 Å². The standard InChI is InChI=1S/2C10H19N2.2CHF3O3S/c2*1-3-4-5-6-7-12-9-8-11(2)10-12;2*2-1(3,4)8(5,6)7/h2*8-10H,3-7H2,1-2H3;2*(H,5,6,7)/q2*+1;;/p-2. The minimum absolute atomic E-state index is 1.17. The van der Waals surface area contributed by atoms with Crippen molar-refractivity contribution in [2.45, 2.75) is 89.3 Å². The second-order valence-electron chi connectivity index (χ2n) is 8.55. The molecule has 0 saturated heterocycles. The zero-order valence-electron chi connectivity index (χ0n) is 22.9. The SMILES string of the molecule is CCCCCCn1cc[n+](C)c1.CCCCCCn1cc[n+](C)c1.O=S(=O)([O-])C(F)(F)F.O=S(=O)([O-])C(F)(F)F. The highest BCUT2D eigenvalue weighted by atomic mass is 32.2. The van der Waals surface area contributed by atoms with Crippen LogP contribution in [-0.2, 0) is 47.4 Å². The quantitative estimate of drug-likeness (QED) is 0.128. The van der Waals surface area contributed by atoms with E-state index in [0.717, 1.165) is 0 Å². The molecule has 0 N–H and O–H groups in total. The first-order chi connectivity index (χ1) is 18.2. The Morgan fingerprint density at radius 1 is 0.625 bits per heavy atom. The fraction of sp³-hybridized carbons (Fsp3) is 0.727. The predicted octanol–water partition coefficient (Wildman–Crippen LogP) is 3.89. The molecule has 10 nitrogen and oxygen atoms in total. The van der Waals surface area contributed by atoms with E-state index in [0.29, 0.717) is 0 Å². The number of hydrogen-bond acceptors (Lipinski definition) is 6. The molecule has 0 saturated carbocycles. The third kappa shape index (κ3) is 20.7. The maximum absolute atomic E-state index is 10.7. The minimum atomic E-state index is -6.09. The van der Waals surface area contributed by atoms with Crippen molar-refractivity contribution in [1.29, 1.82) is 0 Å². The van der Waals surface area contributed by atoms with E-state index in [4.69, 9.17) is 25.9 Å². The molecule has 0 aliphatic heterocycles. The van der Waals surface area contributed by atoms with E-state index in [2.05, 4.69) is 83.7 Å². The maximum Gasteiger partial charge on any atom is 0.485 e. The number of hydrogen-bond donors (Lipinski definition) is 0. The van der Waals surface area contributed by atoms with Crippen molar-refractivity contribution in [2.75, 3.05) is 0 Å². The summed E-state index contributed by atoms with van der Waals surface area (Å²) in [6.45, 7) is 6.83. The molecular formula is C22H38F6N4O6S2. The topological polar surface area (TPSA) is 132 Å². The largest absolute Gasteiger partial charge is 0.741 e. The molecule has 2 heterocycles. The summed E-state index contributed by atoms with van der Waals surface area (Å²) >= 11 is 0. The van der Waals surface area contributed by atoms with Crippen LogP contribution in [0.4, 0.5) is 26.3 Å². The van der Waals surface area contributed by atoms with Gasteiger partial charge >= 0.3 is 11.0 Å². The monoisotopic (exact) mass is 632 g/mol. The molecule has 18 heteroatoms. The van der Waals surface area contributed by atoms with Crippen molar-refractivity contribution in [2.24, 2.45) is 14.1 Å². The molecule has 236 valence electrons. The maximum atomic E-state index is 10.7. The third-order valence-corrected chi connectivity index (χ3v) is 5.89. The van der Waals surface area contributed by atoms with Crippen LogP contribution in [0.5, 0.6) is 0 Å². The summed E-state index contributed by atoms with van der Waals surface area (Å²) in [7, 11) is -8.06.